The maximum absolute atomic E-state index is 5.66. The topological polar surface area (TPSA) is 24.9 Å². The van der Waals surface area contributed by atoms with Gasteiger partial charge in [-0.2, -0.15) is 0 Å². The fourth-order valence-electron chi connectivity index (χ4n) is 5.07. The zero-order valence-corrected chi connectivity index (χ0v) is 28.1. The van der Waals surface area contributed by atoms with Crippen LogP contribution < -0.4 is 9.08 Å². The molecule has 42 heavy (non-hydrogen) atoms. The van der Waals surface area contributed by atoms with Crippen molar-refractivity contribution >= 4 is 40.9 Å². The van der Waals surface area contributed by atoms with Crippen LogP contribution in [0.15, 0.2) is 78.9 Å². The Morgan fingerprint density at radius 1 is 0.738 bits per heavy atom. The average molecular weight is 607 g/mol. The molecule has 0 amide bonds. The first kappa shape index (κ1) is 34.1. The Morgan fingerprint density at radius 2 is 1.33 bits per heavy atom. The number of hydrogen-bond acceptors (Lipinski definition) is 6. The highest BCUT2D eigenvalue weighted by Crippen LogP contribution is 2.37. The van der Waals surface area contributed by atoms with Crippen molar-refractivity contribution in [2.24, 2.45) is 0 Å². The first-order valence-electron chi connectivity index (χ1n) is 15.4. The number of rotatable bonds is 13. The van der Waals surface area contributed by atoms with Crippen molar-refractivity contribution in [1.82, 2.24) is 4.90 Å². The van der Waals surface area contributed by atoms with Crippen LogP contribution in [0.2, 0.25) is 0 Å². The van der Waals surface area contributed by atoms with Crippen molar-refractivity contribution in [2.75, 3.05) is 50.2 Å². The third-order valence-corrected chi connectivity index (χ3v) is 8.35. The summed E-state index contributed by atoms with van der Waals surface area (Å²) in [5.41, 5.74) is 7.60. The number of hydrogen-bond donors (Lipinski definition) is 0. The Bertz CT molecular complexity index is 1170. The standard InChI is InChI=1S/C32H40N2O2S2.C4H10/c1-25(2)33-20-22-34(23-21-33)29-16-12-27(13-17-29)32(28-14-18-30(19-15-28)36-38-4)31(11-8-24-35-37-3)26-9-6-5-7-10-26;1-3-4-2/h5-7,9-10,12-19,25H,8,11,20-24H2,1-4H3;3-4H2,1-2H3/b32-31+;. The molecule has 228 valence electrons. The van der Waals surface area contributed by atoms with Crippen LogP contribution in [-0.4, -0.2) is 56.2 Å². The number of nitrogens with zero attached hydrogens (tertiary/aromatic N) is 2. The number of benzene rings is 3. The maximum atomic E-state index is 5.66. The molecule has 1 saturated heterocycles. The van der Waals surface area contributed by atoms with Crippen molar-refractivity contribution in [3.63, 3.8) is 0 Å². The molecule has 0 saturated carbocycles. The molecule has 1 aliphatic heterocycles. The molecule has 4 nitrogen and oxygen atoms in total. The fourth-order valence-corrected chi connectivity index (χ4v) is 5.66. The van der Waals surface area contributed by atoms with E-state index in [2.05, 4.69) is 116 Å². The monoisotopic (exact) mass is 606 g/mol. The molecule has 4 rings (SSSR count). The highest BCUT2D eigenvalue weighted by Gasteiger charge is 2.20. The van der Waals surface area contributed by atoms with Gasteiger partial charge in [0.1, 0.15) is 5.75 Å². The van der Waals surface area contributed by atoms with E-state index in [9.17, 15) is 0 Å². The van der Waals surface area contributed by atoms with E-state index >= 15 is 0 Å². The van der Waals surface area contributed by atoms with Crippen LogP contribution in [0.3, 0.4) is 0 Å². The molecule has 1 fully saturated rings. The van der Waals surface area contributed by atoms with Gasteiger partial charge in [0.2, 0.25) is 0 Å². The van der Waals surface area contributed by atoms with Crippen molar-refractivity contribution in [1.29, 1.82) is 0 Å². The Kier molecular flexibility index (Phi) is 15.4. The van der Waals surface area contributed by atoms with E-state index in [1.165, 1.54) is 70.5 Å². The molecule has 0 N–H and O–H groups in total. The van der Waals surface area contributed by atoms with Crippen molar-refractivity contribution in [3.8, 4) is 5.75 Å². The molecule has 0 bridgehead atoms. The lowest BCUT2D eigenvalue weighted by molar-refractivity contribution is 0.209. The van der Waals surface area contributed by atoms with Gasteiger partial charge in [0.15, 0.2) is 0 Å². The van der Waals surface area contributed by atoms with E-state index < -0.39 is 0 Å². The number of unbranched alkanes of at least 4 members (excludes halogenated alkanes) is 1. The summed E-state index contributed by atoms with van der Waals surface area (Å²) in [6.07, 6.45) is 8.44. The molecule has 0 radical (unpaired) electrons. The molecule has 1 heterocycles. The molecular formula is C36H50N2O2S2. The Labute approximate surface area is 264 Å². The summed E-state index contributed by atoms with van der Waals surface area (Å²) in [4.78, 5) is 5.07. The minimum atomic E-state index is 0.609. The lowest BCUT2D eigenvalue weighted by Gasteiger charge is -2.38. The normalized spacial score (nSPS) is 14.3. The molecule has 0 atom stereocenters. The highest BCUT2D eigenvalue weighted by atomic mass is 32.2. The van der Waals surface area contributed by atoms with Gasteiger partial charge >= 0.3 is 0 Å². The van der Waals surface area contributed by atoms with Gasteiger partial charge in [-0.1, -0.05) is 81.3 Å². The average Bonchev–Trinajstić information content (AvgIpc) is 3.04. The van der Waals surface area contributed by atoms with E-state index in [1.54, 1.807) is 0 Å². The molecule has 0 unspecified atom stereocenters. The predicted octanol–water partition coefficient (Wildman–Crippen LogP) is 9.71. The Hall–Kier alpha value is -2.38. The maximum Gasteiger partial charge on any atom is 0.137 e. The third kappa shape index (κ3) is 10.4. The smallest absolute Gasteiger partial charge is 0.137 e. The summed E-state index contributed by atoms with van der Waals surface area (Å²) in [5.74, 6) is 0.867. The third-order valence-electron chi connectivity index (χ3n) is 7.58. The zero-order chi connectivity index (χ0) is 30.2. The SMILES string of the molecule is CCCC.CSOCCC/C(=C(\c1ccc(OSC)cc1)c1ccc(N2CCN(C(C)C)CC2)cc1)c1ccccc1. The van der Waals surface area contributed by atoms with Gasteiger partial charge < -0.3 is 13.3 Å². The molecule has 0 aromatic heterocycles. The summed E-state index contributed by atoms with van der Waals surface area (Å²) in [7, 11) is 0. The van der Waals surface area contributed by atoms with E-state index in [1.807, 2.05) is 12.5 Å². The molecule has 3 aromatic carbocycles. The van der Waals surface area contributed by atoms with E-state index in [4.69, 9.17) is 8.37 Å². The highest BCUT2D eigenvalue weighted by molar-refractivity contribution is 7.94. The van der Waals surface area contributed by atoms with Gasteiger partial charge in [0.05, 0.1) is 18.6 Å². The summed E-state index contributed by atoms with van der Waals surface area (Å²) in [5, 5.41) is 0. The van der Waals surface area contributed by atoms with Crippen LogP contribution in [-0.2, 0) is 4.18 Å². The second kappa shape index (κ2) is 19.0. The molecule has 1 aliphatic rings. The molecule has 0 spiro atoms. The quantitative estimate of drug-likeness (QED) is 0.109. The van der Waals surface area contributed by atoms with Crippen molar-refractivity contribution < 1.29 is 8.37 Å². The minimum Gasteiger partial charge on any atom is -0.426 e. The summed E-state index contributed by atoms with van der Waals surface area (Å²) >= 11 is 2.80. The van der Waals surface area contributed by atoms with Crippen LogP contribution in [0.4, 0.5) is 5.69 Å². The van der Waals surface area contributed by atoms with Crippen LogP contribution in [0.1, 0.15) is 70.1 Å². The van der Waals surface area contributed by atoms with E-state index in [0.717, 1.165) is 51.4 Å². The minimum absolute atomic E-state index is 0.609. The van der Waals surface area contributed by atoms with Gasteiger partial charge in [-0.15, -0.1) is 0 Å². The largest absolute Gasteiger partial charge is 0.426 e. The Balaban J connectivity index is 0.00000114. The van der Waals surface area contributed by atoms with Gasteiger partial charge in [-0.25, -0.2) is 0 Å². The number of anilines is 1. The lowest BCUT2D eigenvalue weighted by Crippen LogP contribution is -2.48. The summed E-state index contributed by atoms with van der Waals surface area (Å²) in [6.45, 7) is 14.0. The van der Waals surface area contributed by atoms with Crippen LogP contribution in [0, 0.1) is 0 Å². The number of piperazine rings is 1. The summed E-state index contributed by atoms with van der Waals surface area (Å²) in [6, 6.07) is 29.1. The molecule has 0 aliphatic carbocycles. The Morgan fingerprint density at radius 3 is 1.86 bits per heavy atom. The second-order valence-electron chi connectivity index (χ2n) is 10.7. The molecule has 6 heteroatoms. The molecular weight excluding hydrogens is 557 g/mol. The first-order chi connectivity index (χ1) is 20.5. The second-order valence-corrected chi connectivity index (χ2v) is 11.8. The van der Waals surface area contributed by atoms with Crippen LogP contribution >= 0.6 is 24.1 Å². The zero-order valence-electron chi connectivity index (χ0n) is 26.5. The van der Waals surface area contributed by atoms with Crippen molar-refractivity contribution in [3.05, 3.63) is 95.6 Å². The van der Waals surface area contributed by atoms with E-state index in [0.29, 0.717) is 6.04 Å². The fraction of sp³-hybridized carbons (Fsp3) is 0.444. The lowest BCUT2D eigenvalue weighted by atomic mass is 9.87. The van der Waals surface area contributed by atoms with Gasteiger partial charge in [0.25, 0.3) is 0 Å². The van der Waals surface area contributed by atoms with E-state index in [-0.39, 0.29) is 0 Å². The summed E-state index contributed by atoms with van der Waals surface area (Å²) < 4.78 is 11.3. The van der Waals surface area contributed by atoms with Crippen molar-refractivity contribution in [2.45, 2.75) is 59.4 Å². The number of allylic oxidation sites excluding steroid dienone is 1. The van der Waals surface area contributed by atoms with Gasteiger partial charge in [-0.05, 0) is 90.8 Å². The molecule has 3 aromatic rings. The first-order valence-corrected chi connectivity index (χ1v) is 17.7. The predicted molar refractivity (Wildman–Crippen MR) is 188 cm³/mol. The van der Waals surface area contributed by atoms with Gasteiger partial charge in [-0.3, -0.25) is 4.90 Å². The van der Waals surface area contributed by atoms with Crippen LogP contribution in [0.25, 0.3) is 11.1 Å². The van der Waals surface area contributed by atoms with Crippen LogP contribution in [0.5, 0.6) is 5.75 Å². The van der Waals surface area contributed by atoms with Gasteiger partial charge in [0, 0.05) is 50.4 Å².